The highest BCUT2D eigenvalue weighted by molar-refractivity contribution is 5.28. The van der Waals surface area contributed by atoms with Crippen molar-refractivity contribution in [2.75, 3.05) is 6.61 Å². The summed E-state index contributed by atoms with van der Waals surface area (Å²) in [6, 6.07) is 0. The molecule has 10 heavy (non-hydrogen) atoms. The highest BCUT2D eigenvalue weighted by atomic mass is 16.3. The van der Waals surface area contributed by atoms with E-state index in [1.54, 1.807) is 0 Å². The van der Waals surface area contributed by atoms with Gasteiger partial charge < -0.3 is 5.11 Å². The van der Waals surface area contributed by atoms with Crippen LogP contribution < -0.4 is 0 Å². The Morgan fingerprint density at radius 3 is 2.40 bits per heavy atom. The molecule has 0 aromatic rings. The topological polar surface area (TPSA) is 20.2 Å². The average molecular weight is 140 g/mol. The van der Waals surface area contributed by atoms with Gasteiger partial charge in [-0.05, 0) is 25.8 Å². The second-order valence-electron chi connectivity index (χ2n) is 2.27. The first-order valence-corrected chi connectivity index (χ1v) is 3.69. The molecule has 0 saturated carbocycles. The highest BCUT2D eigenvalue weighted by Gasteiger charge is 1.93. The van der Waals surface area contributed by atoms with Crippen molar-refractivity contribution in [3.63, 3.8) is 0 Å². The summed E-state index contributed by atoms with van der Waals surface area (Å²) in [5.74, 6) is 0. The lowest BCUT2D eigenvalue weighted by Crippen LogP contribution is -1.91. The van der Waals surface area contributed by atoms with E-state index in [0.29, 0.717) is 0 Å². The number of aliphatic hydroxyl groups excluding tert-OH is 1. The minimum absolute atomic E-state index is 0.157. The van der Waals surface area contributed by atoms with Gasteiger partial charge in [0.05, 0.1) is 6.61 Å². The zero-order valence-electron chi connectivity index (χ0n) is 7.02. The van der Waals surface area contributed by atoms with Crippen LogP contribution in [0.1, 0.15) is 27.2 Å². The Hall–Kier alpha value is -0.560. The van der Waals surface area contributed by atoms with Gasteiger partial charge >= 0.3 is 0 Å². The molecule has 0 spiro atoms. The van der Waals surface area contributed by atoms with Crippen LogP contribution in [0.5, 0.6) is 0 Å². The first-order chi connectivity index (χ1) is 4.76. The summed E-state index contributed by atoms with van der Waals surface area (Å²) in [4.78, 5) is 0. The molecule has 0 bridgehead atoms. The van der Waals surface area contributed by atoms with Crippen LogP contribution in [-0.2, 0) is 0 Å². The second-order valence-corrected chi connectivity index (χ2v) is 2.27. The molecule has 0 aliphatic carbocycles. The Kier molecular flexibility index (Phi) is 4.95. The van der Waals surface area contributed by atoms with Crippen molar-refractivity contribution in [2.24, 2.45) is 0 Å². The fourth-order valence-electron chi connectivity index (χ4n) is 0.782. The van der Waals surface area contributed by atoms with Crippen LogP contribution in [0, 0.1) is 0 Å². The predicted octanol–water partition coefficient (Wildman–Crippen LogP) is 2.28. The summed E-state index contributed by atoms with van der Waals surface area (Å²) in [7, 11) is 0. The first kappa shape index (κ1) is 9.44. The number of hydrogen-bond donors (Lipinski definition) is 1. The molecule has 0 aromatic heterocycles. The molecule has 0 unspecified atom stereocenters. The molecule has 0 rings (SSSR count). The Morgan fingerprint density at radius 1 is 1.50 bits per heavy atom. The lowest BCUT2D eigenvalue weighted by atomic mass is 10.1. The largest absolute Gasteiger partial charge is 0.392 e. The molecule has 1 N–H and O–H groups in total. The van der Waals surface area contributed by atoms with E-state index >= 15 is 0 Å². The normalized spacial score (nSPS) is 14.0. The minimum Gasteiger partial charge on any atom is -0.392 e. The van der Waals surface area contributed by atoms with Gasteiger partial charge in [-0.3, -0.25) is 0 Å². The molecular formula is C9H16O. The van der Waals surface area contributed by atoms with Crippen LogP contribution in [0.3, 0.4) is 0 Å². The third kappa shape index (κ3) is 2.83. The van der Waals surface area contributed by atoms with E-state index < -0.39 is 0 Å². The van der Waals surface area contributed by atoms with Crippen LogP contribution in [0.25, 0.3) is 0 Å². The first-order valence-electron chi connectivity index (χ1n) is 3.69. The van der Waals surface area contributed by atoms with E-state index in [1.807, 2.05) is 19.9 Å². The molecule has 0 amide bonds. The van der Waals surface area contributed by atoms with E-state index in [-0.39, 0.29) is 6.61 Å². The van der Waals surface area contributed by atoms with Crippen LogP contribution in [0.15, 0.2) is 23.3 Å². The predicted molar refractivity (Wildman–Crippen MR) is 44.9 cm³/mol. The Morgan fingerprint density at radius 2 is 2.10 bits per heavy atom. The summed E-state index contributed by atoms with van der Waals surface area (Å²) in [6.45, 7) is 6.22. The standard InChI is InChI=1S/C9H16O/c1-4-6-9(7-10)8(3)5-2/h5-6,10H,4,7H2,1-3H3/b8-5-,9-6-. The zero-order chi connectivity index (χ0) is 7.98. The van der Waals surface area contributed by atoms with Gasteiger partial charge in [0.15, 0.2) is 0 Å². The van der Waals surface area contributed by atoms with Crippen molar-refractivity contribution in [2.45, 2.75) is 27.2 Å². The number of allylic oxidation sites excluding steroid dienone is 2. The second kappa shape index (κ2) is 5.24. The van der Waals surface area contributed by atoms with E-state index in [9.17, 15) is 0 Å². The van der Waals surface area contributed by atoms with E-state index in [0.717, 1.165) is 12.0 Å². The molecule has 0 atom stereocenters. The lowest BCUT2D eigenvalue weighted by molar-refractivity contribution is 0.333. The number of hydrogen-bond acceptors (Lipinski definition) is 1. The summed E-state index contributed by atoms with van der Waals surface area (Å²) in [5.41, 5.74) is 2.22. The smallest absolute Gasteiger partial charge is 0.0681 e. The van der Waals surface area contributed by atoms with Gasteiger partial charge in [-0.15, -0.1) is 0 Å². The van der Waals surface area contributed by atoms with E-state index in [2.05, 4.69) is 13.0 Å². The molecule has 0 saturated heterocycles. The van der Waals surface area contributed by atoms with Crippen molar-refractivity contribution in [3.8, 4) is 0 Å². The van der Waals surface area contributed by atoms with Gasteiger partial charge in [0.2, 0.25) is 0 Å². The molecule has 0 aliphatic heterocycles. The van der Waals surface area contributed by atoms with Crippen molar-refractivity contribution >= 4 is 0 Å². The van der Waals surface area contributed by atoms with Crippen LogP contribution in [0.2, 0.25) is 0 Å². The third-order valence-corrected chi connectivity index (χ3v) is 1.56. The van der Waals surface area contributed by atoms with Gasteiger partial charge in [0.1, 0.15) is 0 Å². The molecule has 1 nitrogen and oxygen atoms in total. The van der Waals surface area contributed by atoms with Crippen molar-refractivity contribution in [1.82, 2.24) is 0 Å². The average Bonchev–Trinajstić information content (AvgIpc) is 1.99. The summed E-state index contributed by atoms with van der Waals surface area (Å²) < 4.78 is 0. The van der Waals surface area contributed by atoms with Gasteiger partial charge in [-0.1, -0.05) is 24.6 Å². The highest BCUT2D eigenvalue weighted by Crippen LogP contribution is 2.08. The quantitative estimate of drug-likeness (QED) is 0.596. The maximum atomic E-state index is 8.85. The van der Waals surface area contributed by atoms with Crippen molar-refractivity contribution in [3.05, 3.63) is 23.3 Å². The zero-order valence-corrected chi connectivity index (χ0v) is 7.02. The fourth-order valence-corrected chi connectivity index (χ4v) is 0.782. The molecule has 58 valence electrons. The number of rotatable bonds is 3. The van der Waals surface area contributed by atoms with Gasteiger partial charge in [0.25, 0.3) is 0 Å². The van der Waals surface area contributed by atoms with Crippen molar-refractivity contribution < 1.29 is 5.11 Å². The molecule has 1 heteroatoms. The molecule has 0 aliphatic rings. The van der Waals surface area contributed by atoms with Crippen LogP contribution in [0.4, 0.5) is 0 Å². The molecular weight excluding hydrogens is 124 g/mol. The van der Waals surface area contributed by atoms with E-state index in [1.165, 1.54) is 5.57 Å². The monoisotopic (exact) mass is 140 g/mol. The fraction of sp³-hybridized carbons (Fsp3) is 0.556. The Labute approximate surface area is 63.1 Å². The van der Waals surface area contributed by atoms with Crippen molar-refractivity contribution in [1.29, 1.82) is 0 Å². The molecule has 0 aromatic carbocycles. The minimum atomic E-state index is 0.157. The van der Waals surface area contributed by atoms with Gasteiger partial charge in [-0.2, -0.15) is 0 Å². The lowest BCUT2D eigenvalue weighted by Gasteiger charge is -2.01. The van der Waals surface area contributed by atoms with Crippen LogP contribution in [-0.4, -0.2) is 11.7 Å². The van der Waals surface area contributed by atoms with E-state index in [4.69, 9.17) is 5.11 Å². The third-order valence-electron chi connectivity index (χ3n) is 1.56. The maximum Gasteiger partial charge on any atom is 0.0681 e. The Bertz CT molecular complexity index is 143. The number of aliphatic hydroxyl groups is 1. The molecule has 0 radical (unpaired) electrons. The maximum absolute atomic E-state index is 8.85. The summed E-state index contributed by atoms with van der Waals surface area (Å²) >= 11 is 0. The summed E-state index contributed by atoms with van der Waals surface area (Å²) in [6.07, 6.45) is 5.05. The van der Waals surface area contributed by atoms with Gasteiger partial charge in [-0.25, -0.2) is 0 Å². The summed E-state index contributed by atoms with van der Waals surface area (Å²) in [5, 5.41) is 8.85. The van der Waals surface area contributed by atoms with Gasteiger partial charge in [0, 0.05) is 0 Å². The Balaban J connectivity index is 4.21. The molecule has 0 fully saturated rings. The van der Waals surface area contributed by atoms with Crippen LogP contribution >= 0.6 is 0 Å². The molecule has 0 heterocycles. The SMILES string of the molecule is C/C=C(C)\C(=C/CC)CO.